The van der Waals surface area contributed by atoms with Gasteiger partial charge in [-0.25, -0.2) is 4.99 Å². The van der Waals surface area contributed by atoms with E-state index in [0.29, 0.717) is 6.54 Å². The summed E-state index contributed by atoms with van der Waals surface area (Å²) in [5.41, 5.74) is 5.61. The standard InChI is InChI=1S/C27H33NPS.C25H27NPS.CH4.2H2O/c28-23-27(30)21-13-2-1-3-14-22-29(24-15-7-4-8-16-24,25-17-9-5-10-18-25)26-19-11-6-12-20-26;28-22-26-20-12-1-2-13-21-27(23-14-6-3-7-15-23,24-16-8-4-9-17-24)25-18-10-5-11-19-25;;;/h4-12,15-20H,1-3,13-14,21-23,28H2;3-11,14-19H,1-2,12-13,20-21H2;1H4;2*1H2/q2*+1;;;/p-2. The van der Waals surface area contributed by atoms with Gasteiger partial charge in [-0.15, -0.1) is 0 Å². The highest BCUT2D eigenvalue weighted by atomic mass is 32.1. The molecule has 0 unspecified atom stereocenters. The Balaban J connectivity index is 0.000000401. The Kier molecular flexibility index (Phi) is 26.2. The highest BCUT2D eigenvalue weighted by molar-refractivity contribution is 7.96. The number of nitrogens with zero attached hydrogens (tertiary/aromatic N) is 1. The Bertz CT molecular complexity index is 1880. The van der Waals surface area contributed by atoms with Crippen molar-refractivity contribution in [2.75, 3.05) is 25.4 Å². The van der Waals surface area contributed by atoms with Gasteiger partial charge in [0.15, 0.2) is 0 Å². The highest BCUT2D eigenvalue weighted by Crippen LogP contribution is 2.57. The van der Waals surface area contributed by atoms with Crippen LogP contribution in [0.1, 0.15) is 71.6 Å². The fourth-order valence-electron chi connectivity index (χ4n) is 8.01. The second-order valence-corrected chi connectivity index (χ2v) is 22.7. The summed E-state index contributed by atoms with van der Waals surface area (Å²) in [6.07, 6.45) is 14.3. The maximum atomic E-state index is 5.61. The molecule has 8 heteroatoms. The largest absolute Gasteiger partial charge is 0.870 e. The number of benzene rings is 6. The van der Waals surface area contributed by atoms with Gasteiger partial charge in [0.25, 0.3) is 0 Å². The third-order valence-electron chi connectivity index (χ3n) is 10.9. The van der Waals surface area contributed by atoms with Crippen LogP contribution in [0, 0.1) is 0 Å². The number of unbranched alkanes of at least 4 members (excludes halogenated alkanes) is 7. The molecule has 0 fully saturated rings. The smallest absolute Gasteiger partial charge is 0.112 e. The van der Waals surface area contributed by atoms with Crippen LogP contribution in [-0.2, 0) is 0 Å². The van der Waals surface area contributed by atoms with Gasteiger partial charge in [0.05, 0.1) is 17.5 Å². The average Bonchev–Trinajstić information content (AvgIpc) is 3.30. The minimum Gasteiger partial charge on any atom is -0.870 e. The molecule has 6 aromatic rings. The van der Waals surface area contributed by atoms with Crippen molar-refractivity contribution in [2.45, 2.75) is 71.6 Å². The van der Waals surface area contributed by atoms with Gasteiger partial charge < -0.3 is 16.7 Å². The zero-order valence-corrected chi connectivity index (χ0v) is 38.3. The molecule has 6 aromatic carbocycles. The van der Waals surface area contributed by atoms with Crippen LogP contribution in [0.2, 0.25) is 0 Å². The number of aliphatic imine (C=N–C) groups is 1. The molecule has 0 heterocycles. The number of hydrogen-bond donors (Lipinski definition) is 1. The topological polar surface area (TPSA) is 98.4 Å². The molecule has 6 rings (SSSR count). The van der Waals surface area contributed by atoms with E-state index in [4.69, 9.17) is 18.0 Å². The highest BCUT2D eigenvalue weighted by Gasteiger charge is 2.45. The summed E-state index contributed by atoms with van der Waals surface area (Å²) in [5, 5.41) is 11.3. The zero-order chi connectivity index (χ0) is 40.6. The quantitative estimate of drug-likeness (QED) is 0.0317. The predicted molar refractivity (Wildman–Crippen MR) is 278 cm³/mol. The van der Waals surface area contributed by atoms with E-state index in [0.717, 1.165) is 24.3 Å². The molecular weight excluding hydrogens is 823 g/mol. The summed E-state index contributed by atoms with van der Waals surface area (Å²) in [6, 6.07) is 66.9. The molecule has 0 atom stereocenters. The molecule has 0 amide bonds. The molecule has 322 valence electrons. The molecule has 0 saturated carbocycles. The van der Waals surface area contributed by atoms with E-state index in [-0.39, 0.29) is 18.4 Å². The van der Waals surface area contributed by atoms with E-state index in [1.807, 2.05) is 0 Å². The Labute approximate surface area is 379 Å². The molecule has 0 aliphatic rings. The summed E-state index contributed by atoms with van der Waals surface area (Å²) in [4.78, 5) is 5.04. The maximum Gasteiger partial charge on any atom is 0.112 e. The third-order valence-corrected chi connectivity index (χ3v) is 20.5. The molecule has 0 saturated heterocycles. The summed E-state index contributed by atoms with van der Waals surface area (Å²) in [5.74, 6) is 0. The van der Waals surface area contributed by atoms with Crippen molar-refractivity contribution in [3.63, 3.8) is 0 Å². The van der Waals surface area contributed by atoms with E-state index in [1.165, 1.54) is 95.5 Å². The normalized spacial score (nSPS) is 10.6. The predicted octanol–water partition coefficient (Wildman–Crippen LogP) is 11.6. The zero-order valence-electron chi connectivity index (χ0n) is 34.8. The Morgan fingerprint density at radius 3 is 0.967 bits per heavy atom. The number of isothiocyanates is 1. The van der Waals surface area contributed by atoms with Gasteiger partial charge >= 0.3 is 0 Å². The first-order valence-corrected chi connectivity index (χ1v) is 25.8. The monoisotopic (exact) mass is 888 g/mol. The maximum absolute atomic E-state index is 5.61. The molecule has 0 aliphatic heterocycles. The molecule has 4 N–H and O–H groups in total. The van der Waals surface area contributed by atoms with Crippen molar-refractivity contribution in [2.24, 2.45) is 10.7 Å². The van der Waals surface area contributed by atoms with E-state index in [9.17, 15) is 0 Å². The van der Waals surface area contributed by atoms with Crippen molar-refractivity contribution in [1.82, 2.24) is 0 Å². The second-order valence-electron chi connectivity index (χ2n) is 14.7. The SMILES string of the molecule is C.NCC(=S)CCCCCCC[P+](c1ccccc1)(c1ccccc1)c1ccccc1.S=C=NCCCCCC[P+](c1ccccc1)(c1ccccc1)c1ccccc1.[OH-].[OH-]. The van der Waals surface area contributed by atoms with Gasteiger partial charge in [-0.3, -0.25) is 0 Å². The molecule has 0 aromatic heterocycles. The Hall–Kier alpha value is -4.05. The van der Waals surface area contributed by atoms with Crippen molar-refractivity contribution in [1.29, 1.82) is 0 Å². The number of rotatable bonds is 22. The second kappa shape index (κ2) is 30.1. The van der Waals surface area contributed by atoms with Crippen LogP contribution in [0.15, 0.2) is 187 Å². The van der Waals surface area contributed by atoms with Crippen LogP contribution < -0.4 is 37.6 Å². The number of hydrogen-bond acceptors (Lipinski definition) is 6. The average molecular weight is 889 g/mol. The van der Waals surface area contributed by atoms with E-state index in [1.54, 1.807) is 0 Å². The van der Waals surface area contributed by atoms with Crippen molar-refractivity contribution < 1.29 is 11.0 Å². The van der Waals surface area contributed by atoms with Crippen LogP contribution in [0.5, 0.6) is 0 Å². The molecular formula is C53H66N2O2P2S2. The van der Waals surface area contributed by atoms with Crippen molar-refractivity contribution in [3.8, 4) is 0 Å². The first kappa shape index (κ1) is 53.1. The molecule has 61 heavy (non-hydrogen) atoms. The lowest BCUT2D eigenvalue weighted by molar-refractivity contribution is 0.645. The van der Waals surface area contributed by atoms with Crippen LogP contribution in [0.4, 0.5) is 0 Å². The molecule has 4 nitrogen and oxygen atoms in total. The minimum absolute atomic E-state index is 0. The van der Waals surface area contributed by atoms with E-state index in [2.05, 4.69) is 204 Å². The fraction of sp³-hybridized carbons (Fsp3) is 0.283. The summed E-state index contributed by atoms with van der Waals surface area (Å²) >= 11 is 9.90. The molecule has 0 aliphatic carbocycles. The van der Waals surface area contributed by atoms with Gasteiger partial charge in [-0.05, 0) is 130 Å². The van der Waals surface area contributed by atoms with Crippen molar-refractivity contribution in [3.05, 3.63) is 182 Å². The first-order valence-electron chi connectivity index (χ1n) is 21.0. The summed E-state index contributed by atoms with van der Waals surface area (Å²) < 4.78 is 0. The third kappa shape index (κ3) is 15.4. The lowest BCUT2D eigenvalue weighted by atomic mass is 10.1. The molecule has 0 radical (unpaired) electrons. The van der Waals surface area contributed by atoms with Crippen molar-refractivity contribution >= 4 is 80.8 Å². The van der Waals surface area contributed by atoms with Gasteiger partial charge in [0.2, 0.25) is 0 Å². The Morgan fingerprint density at radius 2 is 0.689 bits per heavy atom. The number of nitrogens with two attached hydrogens (primary N) is 1. The van der Waals surface area contributed by atoms with E-state index < -0.39 is 14.5 Å². The van der Waals surface area contributed by atoms with E-state index >= 15 is 0 Å². The molecule has 0 bridgehead atoms. The summed E-state index contributed by atoms with van der Waals surface area (Å²) in [6.45, 7) is 1.35. The summed E-state index contributed by atoms with van der Waals surface area (Å²) in [7, 11) is -3.33. The van der Waals surface area contributed by atoms with Crippen LogP contribution in [0.3, 0.4) is 0 Å². The first-order chi connectivity index (χ1) is 28.6. The minimum atomic E-state index is -1.67. The number of thiocarbonyl (C=S) groups is 2. The fourth-order valence-corrected chi connectivity index (χ4v) is 17.1. The lowest BCUT2D eigenvalue weighted by Gasteiger charge is -2.27. The Morgan fingerprint density at radius 1 is 0.426 bits per heavy atom. The van der Waals surface area contributed by atoms with Crippen LogP contribution in [0.25, 0.3) is 0 Å². The van der Waals surface area contributed by atoms with Crippen LogP contribution in [-0.4, -0.2) is 46.4 Å². The molecule has 0 spiro atoms. The van der Waals surface area contributed by atoms with Gasteiger partial charge in [-0.2, -0.15) is 0 Å². The lowest BCUT2D eigenvalue weighted by Crippen LogP contribution is -2.33. The van der Waals surface area contributed by atoms with Crippen LogP contribution >= 0.6 is 39.0 Å². The van der Waals surface area contributed by atoms with Gasteiger partial charge in [0.1, 0.15) is 46.4 Å². The van der Waals surface area contributed by atoms with Gasteiger partial charge in [0, 0.05) is 18.0 Å². The van der Waals surface area contributed by atoms with Gasteiger partial charge in [-0.1, -0.05) is 148 Å².